The van der Waals surface area contributed by atoms with Gasteiger partial charge in [0.1, 0.15) is 12.4 Å². The van der Waals surface area contributed by atoms with Crippen LogP contribution >= 0.6 is 27.5 Å². The molecule has 90 valence electrons. The number of aromatic nitrogens is 2. The van der Waals surface area contributed by atoms with Crippen molar-refractivity contribution in [3.05, 3.63) is 46.2 Å². The van der Waals surface area contributed by atoms with Crippen molar-refractivity contribution in [1.29, 1.82) is 0 Å². The Morgan fingerprint density at radius 1 is 1.47 bits per heavy atom. The maximum Gasteiger partial charge on any atom is 0.138 e. The molecule has 0 spiro atoms. The Balaban J connectivity index is 2.13. The number of benzene rings is 1. The SMILES string of the molecule is Cn1cc(COc2c(Br)cccc2CCl)cn1. The summed E-state index contributed by atoms with van der Waals surface area (Å²) < 4.78 is 8.44. The van der Waals surface area contributed by atoms with Crippen molar-refractivity contribution in [2.45, 2.75) is 12.5 Å². The topological polar surface area (TPSA) is 27.1 Å². The average Bonchev–Trinajstić information content (AvgIpc) is 2.73. The molecule has 0 fully saturated rings. The van der Waals surface area contributed by atoms with E-state index in [0.29, 0.717) is 12.5 Å². The first-order valence-electron chi connectivity index (χ1n) is 5.14. The second kappa shape index (κ2) is 5.56. The zero-order valence-electron chi connectivity index (χ0n) is 9.36. The van der Waals surface area contributed by atoms with Gasteiger partial charge in [0.15, 0.2) is 0 Å². The van der Waals surface area contributed by atoms with Gasteiger partial charge in [-0.15, -0.1) is 11.6 Å². The molecule has 1 aromatic heterocycles. The lowest BCUT2D eigenvalue weighted by molar-refractivity contribution is 0.301. The highest BCUT2D eigenvalue weighted by molar-refractivity contribution is 9.10. The number of ether oxygens (including phenoxy) is 1. The monoisotopic (exact) mass is 314 g/mol. The summed E-state index contributed by atoms with van der Waals surface area (Å²) in [6, 6.07) is 5.84. The van der Waals surface area contributed by atoms with Gasteiger partial charge in [0.05, 0.1) is 16.5 Å². The Morgan fingerprint density at radius 3 is 2.94 bits per heavy atom. The highest BCUT2D eigenvalue weighted by Gasteiger charge is 2.07. The minimum absolute atomic E-state index is 0.432. The second-order valence-electron chi connectivity index (χ2n) is 3.67. The Kier molecular flexibility index (Phi) is 4.07. The van der Waals surface area contributed by atoms with Crippen LogP contribution in [0.1, 0.15) is 11.1 Å². The summed E-state index contributed by atoms with van der Waals surface area (Å²) in [5.41, 5.74) is 2.01. The Labute approximate surface area is 113 Å². The first-order valence-corrected chi connectivity index (χ1v) is 6.47. The van der Waals surface area contributed by atoms with Crippen LogP contribution in [0.3, 0.4) is 0 Å². The van der Waals surface area contributed by atoms with Crippen LogP contribution in [0.25, 0.3) is 0 Å². The van der Waals surface area contributed by atoms with Crippen LogP contribution in [0.4, 0.5) is 0 Å². The summed E-state index contributed by atoms with van der Waals surface area (Å²) in [6.45, 7) is 0.486. The van der Waals surface area contributed by atoms with E-state index in [1.807, 2.05) is 31.4 Å². The molecule has 0 bridgehead atoms. The van der Waals surface area contributed by atoms with E-state index in [2.05, 4.69) is 21.0 Å². The molecule has 0 N–H and O–H groups in total. The van der Waals surface area contributed by atoms with Crippen molar-refractivity contribution in [2.75, 3.05) is 0 Å². The average molecular weight is 316 g/mol. The quantitative estimate of drug-likeness (QED) is 0.808. The van der Waals surface area contributed by atoms with E-state index in [1.165, 1.54) is 0 Å². The molecule has 0 amide bonds. The van der Waals surface area contributed by atoms with Crippen LogP contribution in [0.5, 0.6) is 5.75 Å². The predicted octanol–water partition coefficient (Wildman–Crippen LogP) is 3.50. The third kappa shape index (κ3) is 3.01. The lowest BCUT2D eigenvalue weighted by Crippen LogP contribution is -1.98. The van der Waals surface area contributed by atoms with Gasteiger partial charge in [-0.25, -0.2) is 0 Å². The molecule has 0 unspecified atom stereocenters. The van der Waals surface area contributed by atoms with Crippen LogP contribution < -0.4 is 4.74 Å². The van der Waals surface area contributed by atoms with E-state index in [0.717, 1.165) is 21.3 Å². The minimum atomic E-state index is 0.432. The van der Waals surface area contributed by atoms with Gasteiger partial charge in [0.25, 0.3) is 0 Å². The number of aryl methyl sites for hydroxylation is 1. The molecule has 0 aliphatic carbocycles. The van der Waals surface area contributed by atoms with Crippen LogP contribution in [0.2, 0.25) is 0 Å². The molecule has 0 aliphatic rings. The lowest BCUT2D eigenvalue weighted by Gasteiger charge is -2.10. The van der Waals surface area contributed by atoms with E-state index in [-0.39, 0.29) is 0 Å². The van der Waals surface area contributed by atoms with Crippen molar-refractivity contribution >= 4 is 27.5 Å². The standard InChI is InChI=1S/C12H12BrClN2O/c1-16-7-9(6-15-16)8-17-12-10(5-14)3-2-4-11(12)13/h2-4,6-7H,5,8H2,1H3. The first kappa shape index (κ1) is 12.5. The molecule has 1 heterocycles. The number of hydrogen-bond donors (Lipinski definition) is 0. The molecular weight excluding hydrogens is 304 g/mol. The molecule has 2 rings (SSSR count). The summed E-state index contributed by atoms with van der Waals surface area (Å²) >= 11 is 9.33. The van der Waals surface area contributed by atoms with Crippen molar-refractivity contribution in [3.8, 4) is 5.75 Å². The maximum absolute atomic E-state index is 5.87. The van der Waals surface area contributed by atoms with Gasteiger partial charge < -0.3 is 4.74 Å². The maximum atomic E-state index is 5.87. The first-order chi connectivity index (χ1) is 8.20. The van der Waals surface area contributed by atoms with Crippen LogP contribution in [-0.4, -0.2) is 9.78 Å². The van der Waals surface area contributed by atoms with Crippen LogP contribution in [0, 0.1) is 0 Å². The molecule has 17 heavy (non-hydrogen) atoms. The number of alkyl halides is 1. The van der Waals surface area contributed by atoms with Crippen molar-refractivity contribution < 1.29 is 4.74 Å². The van der Waals surface area contributed by atoms with E-state index in [1.54, 1.807) is 10.9 Å². The second-order valence-corrected chi connectivity index (χ2v) is 4.79. The zero-order valence-corrected chi connectivity index (χ0v) is 11.7. The van der Waals surface area contributed by atoms with Gasteiger partial charge in [-0.1, -0.05) is 12.1 Å². The molecule has 0 saturated heterocycles. The van der Waals surface area contributed by atoms with Gasteiger partial charge in [0, 0.05) is 24.4 Å². The molecular formula is C12H12BrClN2O. The van der Waals surface area contributed by atoms with Crippen LogP contribution in [0.15, 0.2) is 35.1 Å². The summed E-state index contributed by atoms with van der Waals surface area (Å²) in [5.74, 6) is 1.23. The summed E-state index contributed by atoms with van der Waals surface area (Å²) in [6.07, 6.45) is 3.72. The van der Waals surface area contributed by atoms with Crippen LogP contribution in [-0.2, 0) is 19.5 Å². The van der Waals surface area contributed by atoms with Crippen molar-refractivity contribution in [3.63, 3.8) is 0 Å². The molecule has 0 radical (unpaired) electrons. The fourth-order valence-electron chi connectivity index (χ4n) is 1.52. The van der Waals surface area contributed by atoms with Crippen molar-refractivity contribution in [2.24, 2.45) is 7.05 Å². The van der Waals surface area contributed by atoms with E-state index >= 15 is 0 Å². The third-order valence-corrected chi connectivity index (χ3v) is 3.25. The Hall–Kier alpha value is -1.00. The summed E-state index contributed by atoms with van der Waals surface area (Å²) in [7, 11) is 1.88. The molecule has 0 saturated carbocycles. The zero-order chi connectivity index (χ0) is 12.3. The molecule has 5 heteroatoms. The normalized spacial score (nSPS) is 10.5. The molecule has 1 aromatic carbocycles. The van der Waals surface area contributed by atoms with E-state index < -0.39 is 0 Å². The fraction of sp³-hybridized carbons (Fsp3) is 0.250. The Bertz CT molecular complexity index is 513. The number of nitrogens with zero attached hydrogens (tertiary/aromatic N) is 2. The lowest BCUT2D eigenvalue weighted by atomic mass is 10.2. The van der Waals surface area contributed by atoms with Gasteiger partial charge in [-0.2, -0.15) is 5.10 Å². The van der Waals surface area contributed by atoms with Gasteiger partial charge >= 0.3 is 0 Å². The Morgan fingerprint density at radius 2 is 2.29 bits per heavy atom. The smallest absolute Gasteiger partial charge is 0.138 e. The predicted molar refractivity (Wildman–Crippen MR) is 71.2 cm³/mol. The fourth-order valence-corrected chi connectivity index (χ4v) is 2.25. The third-order valence-electron chi connectivity index (χ3n) is 2.33. The van der Waals surface area contributed by atoms with Gasteiger partial charge in [-0.05, 0) is 22.0 Å². The molecule has 0 aliphatic heterocycles. The molecule has 3 nitrogen and oxygen atoms in total. The minimum Gasteiger partial charge on any atom is -0.487 e. The summed E-state index contributed by atoms with van der Waals surface area (Å²) in [4.78, 5) is 0. The van der Waals surface area contributed by atoms with Gasteiger partial charge in [0.2, 0.25) is 0 Å². The van der Waals surface area contributed by atoms with Gasteiger partial charge in [-0.3, -0.25) is 4.68 Å². The largest absolute Gasteiger partial charge is 0.487 e. The number of para-hydroxylation sites is 1. The molecule has 0 atom stereocenters. The van der Waals surface area contributed by atoms with Crippen molar-refractivity contribution in [1.82, 2.24) is 9.78 Å². The molecule has 2 aromatic rings. The number of hydrogen-bond acceptors (Lipinski definition) is 2. The van der Waals surface area contributed by atoms with E-state index in [9.17, 15) is 0 Å². The number of halogens is 2. The summed E-state index contributed by atoms with van der Waals surface area (Å²) in [5, 5.41) is 4.09. The number of rotatable bonds is 4. The highest BCUT2D eigenvalue weighted by Crippen LogP contribution is 2.30. The van der Waals surface area contributed by atoms with E-state index in [4.69, 9.17) is 16.3 Å². The highest BCUT2D eigenvalue weighted by atomic mass is 79.9.